The van der Waals surface area contributed by atoms with Gasteiger partial charge in [0.15, 0.2) is 0 Å². The number of aromatic nitrogens is 2. The SMILES string of the molecule is CNC(C)c1nnc(N2CCCC2(C)C)o1. The Bertz CT molecular complexity index is 361. The first kappa shape index (κ1) is 11.4. The van der Waals surface area contributed by atoms with E-state index in [0.29, 0.717) is 11.9 Å². The molecule has 1 aliphatic rings. The summed E-state index contributed by atoms with van der Waals surface area (Å²) in [6, 6.07) is 0.756. The van der Waals surface area contributed by atoms with Crippen LogP contribution in [0.3, 0.4) is 0 Å². The minimum Gasteiger partial charge on any atom is -0.406 e. The van der Waals surface area contributed by atoms with Gasteiger partial charge >= 0.3 is 6.01 Å². The van der Waals surface area contributed by atoms with Crippen molar-refractivity contribution >= 4 is 6.01 Å². The maximum Gasteiger partial charge on any atom is 0.318 e. The molecule has 1 N–H and O–H groups in total. The molecule has 0 amide bonds. The molecule has 1 aromatic rings. The molecule has 1 saturated heterocycles. The summed E-state index contributed by atoms with van der Waals surface area (Å²) in [5.74, 6) is 0.653. The Morgan fingerprint density at radius 2 is 2.19 bits per heavy atom. The van der Waals surface area contributed by atoms with Crippen molar-refractivity contribution in [3.05, 3.63) is 5.89 Å². The van der Waals surface area contributed by atoms with Crippen molar-refractivity contribution in [1.29, 1.82) is 0 Å². The van der Waals surface area contributed by atoms with Crippen LogP contribution in [0.15, 0.2) is 4.42 Å². The van der Waals surface area contributed by atoms with E-state index in [9.17, 15) is 0 Å². The van der Waals surface area contributed by atoms with Gasteiger partial charge < -0.3 is 14.6 Å². The second kappa shape index (κ2) is 4.05. The number of nitrogens with one attached hydrogen (secondary N) is 1. The molecule has 1 fully saturated rings. The van der Waals surface area contributed by atoms with Crippen molar-refractivity contribution in [2.75, 3.05) is 18.5 Å². The second-order valence-electron chi connectivity index (χ2n) is 5.00. The summed E-state index contributed by atoms with van der Waals surface area (Å²) in [6.45, 7) is 7.44. The van der Waals surface area contributed by atoms with Gasteiger partial charge in [0.2, 0.25) is 5.89 Å². The predicted octanol–water partition coefficient (Wildman–Crippen LogP) is 1.73. The number of anilines is 1. The molecule has 0 bridgehead atoms. The molecular formula is C11H20N4O. The molecule has 5 heteroatoms. The van der Waals surface area contributed by atoms with Crippen LogP contribution in [0.5, 0.6) is 0 Å². The van der Waals surface area contributed by atoms with Crippen molar-refractivity contribution in [2.24, 2.45) is 0 Å². The van der Waals surface area contributed by atoms with Crippen LogP contribution in [0.2, 0.25) is 0 Å². The van der Waals surface area contributed by atoms with Crippen LogP contribution in [0.25, 0.3) is 0 Å². The van der Waals surface area contributed by atoms with Gasteiger partial charge in [-0.15, -0.1) is 5.10 Å². The zero-order valence-corrected chi connectivity index (χ0v) is 10.4. The zero-order chi connectivity index (χ0) is 11.8. The quantitative estimate of drug-likeness (QED) is 0.847. The van der Waals surface area contributed by atoms with E-state index in [1.807, 2.05) is 14.0 Å². The summed E-state index contributed by atoms with van der Waals surface area (Å²) in [5.41, 5.74) is 0.132. The summed E-state index contributed by atoms with van der Waals surface area (Å²) in [4.78, 5) is 2.20. The van der Waals surface area contributed by atoms with E-state index in [-0.39, 0.29) is 11.6 Å². The van der Waals surface area contributed by atoms with Crippen LogP contribution in [0, 0.1) is 0 Å². The molecule has 1 aliphatic heterocycles. The molecule has 16 heavy (non-hydrogen) atoms. The lowest BCUT2D eigenvalue weighted by atomic mass is 10.0. The molecule has 0 spiro atoms. The van der Waals surface area contributed by atoms with E-state index in [4.69, 9.17) is 4.42 Å². The molecule has 2 rings (SSSR count). The Kier molecular flexibility index (Phi) is 2.88. The van der Waals surface area contributed by atoms with Gasteiger partial charge in [0.25, 0.3) is 0 Å². The van der Waals surface area contributed by atoms with E-state index in [1.165, 1.54) is 12.8 Å². The Hall–Kier alpha value is -1.10. The number of rotatable bonds is 3. The Labute approximate surface area is 96.2 Å². The highest BCUT2D eigenvalue weighted by Gasteiger charge is 2.35. The van der Waals surface area contributed by atoms with Crippen LogP contribution in [0.4, 0.5) is 6.01 Å². The number of nitrogens with zero attached hydrogens (tertiary/aromatic N) is 3. The van der Waals surface area contributed by atoms with Gasteiger partial charge in [0, 0.05) is 12.1 Å². The Morgan fingerprint density at radius 3 is 2.75 bits per heavy atom. The van der Waals surface area contributed by atoms with Gasteiger partial charge in [-0.3, -0.25) is 0 Å². The molecule has 1 aromatic heterocycles. The molecule has 0 aromatic carbocycles. The van der Waals surface area contributed by atoms with Crippen molar-refractivity contribution < 1.29 is 4.42 Å². The predicted molar refractivity (Wildman–Crippen MR) is 62.4 cm³/mol. The third kappa shape index (κ3) is 1.91. The topological polar surface area (TPSA) is 54.2 Å². The maximum absolute atomic E-state index is 5.70. The maximum atomic E-state index is 5.70. The first-order chi connectivity index (χ1) is 7.54. The van der Waals surface area contributed by atoms with Gasteiger partial charge in [0.1, 0.15) is 0 Å². The smallest absolute Gasteiger partial charge is 0.318 e. The van der Waals surface area contributed by atoms with Crippen LogP contribution >= 0.6 is 0 Å². The van der Waals surface area contributed by atoms with Gasteiger partial charge in [-0.25, -0.2) is 0 Å². The van der Waals surface area contributed by atoms with Crippen molar-refractivity contribution in [1.82, 2.24) is 15.5 Å². The average Bonchev–Trinajstić information content (AvgIpc) is 2.82. The molecule has 1 atom stereocenters. The van der Waals surface area contributed by atoms with Crippen molar-refractivity contribution in [2.45, 2.75) is 45.2 Å². The highest BCUT2D eigenvalue weighted by Crippen LogP contribution is 2.32. The Morgan fingerprint density at radius 1 is 1.44 bits per heavy atom. The van der Waals surface area contributed by atoms with Gasteiger partial charge in [-0.1, -0.05) is 5.10 Å². The standard InChI is InChI=1S/C11H20N4O/c1-8(12-4)9-13-14-10(16-9)15-7-5-6-11(15,2)3/h8,12H,5-7H2,1-4H3. The van der Waals surface area contributed by atoms with Crippen LogP contribution in [-0.2, 0) is 0 Å². The molecule has 0 saturated carbocycles. The fourth-order valence-electron chi connectivity index (χ4n) is 2.10. The zero-order valence-electron chi connectivity index (χ0n) is 10.4. The molecule has 5 nitrogen and oxygen atoms in total. The van der Waals surface area contributed by atoms with Gasteiger partial charge in [-0.2, -0.15) is 0 Å². The molecule has 2 heterocycles. The van der Waals surface area contributed by atoms with E-state index in [1.54, 1.807) is 0 Å². The average molecular weight is 224 g/mol. The largest absolute Gasteiger partial charge is 0.406 e. The minimum atomic E-state index is 0.104. The summed E-state index contributed by atoms with van der Waals surface area (Å²) in [5, 5.41) is 11.3. The molecule has 0 radical (unpaired) electrons. The second-order valence-corrected chi connectivity index (χ2v) is 5.00. The first-order valence-corrected chi connectivity index (χ1v) is 5.83. The third-order valence-corrected chi connectivity index (χ3v) is 3.37. The summed E-state index contributed by atoms with van der Waals surface area (Å²) >= 11 is 0. The monoisotopic (exact) mass is 224 g/mol. The van der Waals surface area contributed by atoms with Crippen molar-refractivity contribution in [3.8, 4) is 0 Å². The summed E-state index contributed by atoms with van der Waals surface area (Å²) in [6.07, 6.45) is 2.36. The lowest BCUT2D eigenvalue weighted by Crippen LogP contribution is -2.38. The normalized spacial score (nSPS) is 21.4. The molecule has 0 aliphatic carbocycles. The Balaban J connectivity index is 2.19. The number of hydrogen-bond donors (Lipinski definition) is 1. The summed E-state index contributed by atoms with van der Waals surface area (Å²) < 4.78 is 5.70. The highest BCUT2D eigenvalue weighted by molar-refractivity contribution is 5.32. The fourth-order valence-corrected chi connectivity index (χ4v) is 2.10. The first-order valence-electron chi connectivity index (χ1n) is 5.83. The van der Waals surface area contributed by atoms with Gasteiger partial charge in [0.05, 0.1) is 6.04 Å². The van der Waals surface area contributed by atoms with E-state index in [2.05, 4.69) is 34.3 Å². The van der Waals surface area contributed by atoms with Crippen LogP contribution in [0.1, 0.15) is 45.5 Å². The van der Waals surface area contributed by atoms with Gasteiger partial charge in [-0.05, 0) is 40.7 Å². The van der Waals surface area contributed by atoms with E-state index in [0.717, 1.165) is 6.54 Å². The van der Waals surface area contributed by atoms with E-state index < -0.39 is 0 Å². The molecule has 90 valence electrons. The lowest BCUT2D eigenvalue weighted by molar-refractivity contribution is 0.409. The van der Waals surface area contributed by atoms with Crippen LogP contribution in [-0.4, -0.2) is 29.3 Å². The lowest BCUT2D eigenvalue weighted by Gasteiger charge is -2.29. The summed E-state index contributed by atoms with van der Waals surface area (Å²) in [7, 11) is 1.88. The highest BCUT2D eigenvalue weighted by atomic mass is 16.4. The number of hydrogen-bond acceptors (Lipinski definition) is 5. The third-order valence-electron chi connectivity index (χ3n) is 3.37. The fraction of sp³-hybridized carbons (Fsp3) is 0.818. The van der Waals surface area contributed by atoms with Crippen molar-refractivity contribution in [3.63, 3.8) is 0 Å². The molecule has 1 unspecified atom stereocenters. The molecular weight excluding hydrogens is 204 g/mol. The van der Waals surface area contributed by atoms with E-state index >= 15 is 0 Å². The van der Waals surface area contributed by atoms with Crippen LogP contribution < -0.4 is 10.2 Å². The minimum absolute atomic E-state index is 0.104.